The molecule has 0 aliphatic heterocycles. The second-order valence-electron chi connectivity index (χ2n) is 5.74. The van der Waals surface area contributed by atoms with Crippen molar-refractivity contribution in [2.45, 2.75) is 32.9 Å². The average Bonchev–Trinajstić information content (AvgIpc) is 2.59. The van der Waals surface area contributed by atoms with Crippen LogP contribution in [0.1, 0.15) is 36.2 Å². The van der Waals surface area contributed by atoms with Crippen LogP contribution < -0.4 is 11.1 Å². The van der Waals surface area contributed by atoms with Crippen LogP contribution >= 0.6 is 0 Å². The number of amides is 3. The first kappa shape index (κ1) is 17.5. The Morgan fingerprint density at radius 3 is 2.25 bits per heavy atom. The van der Waals surface area contributed by atoms with E-state index in [0.717, 1.165) is 12.0 Å². The Bertz CT molecular complexity index is 684. The molecule has 2 rings (SSSR count). The molecule has 0 saturated heterocycles. The summed E-state index contributed by atoms with van der Waals surface area (Å²) < 4.78 is 0. The first-order valence-corrected chi connectivity index (χ1v) is 8.02. The maximum atomic E-state index is 12.9. The van der Waals surface area contributed by atoms with Crippen molar-refractivity contribution in [2.24, 2.45) is 5.73 Å². The highest BCUT2D eigenvalue weighted by atomic mass is 16.2. The van der Waals surface area contributed by atoms with Gasteiger partial charge in [-0.2, -0.15) is 0 Å². The topological polar surface area (TPSA) is 75.4 Å². The van der Waals surface area contributed by atoms with Gasteiger partial charge in [0.25, 0.3) is 5.91 Å². The summed E-state index contributed by atoms with van der Waals surface area (Å²) in [5.74, 6) is -0.0289. The van der Waals surface area contributed by atoms with E-state index in [1.165, 1.54) is 0 Å². The molecule has 0 aliphatic rings. The van der Waals surface area contributed by atoms with Gasteiger partial charge in [-0.05, 0) is 43.2 Å². The summed E-state index contributed by atoms with van der Waals surface area (Å²) in [7, 11) is 0. The van der Waals surface area contributed by atoms with Crippen molar-refractivity contribution in [3.05, 3.63) is 65.7 Å². The normalized spacial score (nSPS) is 11.6. The number of nitrogens with one attached hydrogen (secondary N) is 1. The van der Waals surface area contributed by atoms with Gasteiger partial charge in [0, 0.05) is 23.8 Å². The lowest BCUT2D eigenvalue weighted by Gasteiger charge is -2.29. The maximum Gasteiger partial charge on any atom is 0.316 e. The molecule has 0 saturated carbocycles. The van der Waals surface area contributed by atoms with Crippen LogP contribution in [0.15, 0.2) is 54.6 Å². The maximum absolute atomic E-state index is 12.9. The molecule has 3 N–H and O–H groups in total. The van der Waals surface area contributed by atoms with Crippen LogP contribution in [0.3, 0.4) is 0 Å². The van der Waals surface area contributed by atoms with Gasteiger partial charge < -0.3 is 16.0 Å². The smallest absolute Gasteiger partial charge is 0.316 e. The molecule has 1 atom stereocenters. The molecule has 0 aromatic heterocycles. The Balaban J connectivity index is 2.19. The van der Waals surface area contributed by atoms with Gasteiger partial charge in [0.1, 0.15) is 0 Å². The van der Waals surface area contributed by atoms with Gasteiger partial charge in [0.2, 0.25) is 0 Å². The zero-order chi connectivity index (χ0) is 17.5. The van der Waals surface area contributed by atoms with E-state index in [4.69, 9.17) is 5.73 Å². The van der Waals surface area contributed by atoms with Crippen LogP contribution in [-0.4, -0.2) is 22.9 Å². The molecule has 5 nitrogen and oxygen atoms in total. The van der Waals surface area contributed by atoms with Crippen molar-refractivity contribution in [3.63, 3.8) is 0 Å². The molecular weight excluding hydrogens is 302 g/mol. The second-order valence-corrected chi connectivity index (χ2v) is 5.74. The summed E-state index contributed by atoms with van der Waals surface area (Å²) in [4.78, 5) is 25.6. The summed E-state index contributed by atoms with van der Waals surface area (Å²) in [5.41, 5.74) is 7.34. The molecule has 1 unspecified atom stereocenters. The predicted octanol–water partition coefficient (Wildman–Crippen LogP) is 3.62. The van der Waals surface area contributed by atoms with E-state index in [2.05, 4.69) is 12.2 Å². The third kappa shape index (κ3) is 4.59. The van der Waals surface area contributed by atoms with Crippen molar-refractivity contribution >= 4 is 17.6 Å². The van der Waals surface area contributed by atoms with E-state index >= 15 is 0 Å². The molecule has 0 heterocycles. The Labute approximate surface area is 142 Å². The molecule has 2 aromatic carbocycles. The summed E-state index contributed by atoms with van der Waals surface area (Å²) in [6, 6.07) is 16.2. The molecule has 2 aromatic rings. The minimum absolute atomic E-state index is 0.0289. The van der Waals surface area contributed by atoms with Crippen molar-refractivity contribution in [1.82, 2.24) is 4.90 Å². The Hall–Kier alpha value is -2.82. The average molecular weight is 325 g/mol. The van der Waals surface area contributed by atoms with E-state index in [9.17, 15) is 9.59 Å². The van der Waals surface area contributed by atoms with Crippen molar-refractivity contribution < 1.29 is 9.59 Å². The van der Waals surface area contributed by atoms with Crippen LogP contribution in [0, 0.1) is 0 Å². The largest absolute Gasteiger partial charge is 0.351 e. The molecule has 5 heteroatoms. The quantitative estimate of drug-likeness (QED) is 0.851. The zero-order valence-electron chi connectivity index (χ0n) is 14.0. The molecule has 0 aliphatic carbocycles. The van der Waals surface area contributed by atoms with Crippen molar-refractivity contribution in [1.29, 1.82) is 0 Å². The Kier molecular flexibility index (Phi) is 5.95. The van der Waals surface area contributed by atoms with E-state index in [0.29, 0.717) is 17.8 Å². The van der Waals surface area contributed by atoms with E-state index in [-0.39, 0.29) is 11.9 Å². The number of urea groups is 1. The third-order valence-electron chi connectivity index (χ3n) is 3.98. The highest BCUT2D eigenvalue weighted by Crippen LogP contribution is 2.17. The van der Waals surface area contributed by atoms with E-state index in [1.807, 2.05) is 42.2 Å². The number of hydrogen-bond acceptors (Lipinski definition) is 2. The SMILES string of the molecule is CCC(C)N(Cc1ccccc1)C(=O)c1ccc(NC(N)=O)cc1. The molecular formula is C19H23N3O2. The van der Waals surface area contributed by atoms with Crippen LogP contribution in [0.2, 0.25) is 0 Å². The molecule has 126 valence electrons. The number of rotatable bonds is 6. The monoisotopic (exact) mass is 325 g/mol. The molecule has 0 fully saturated rings. The van der Waals surface area contributed by atoms with Crippen LogP contribution in [0.5, 0.6) is 0 Å². The van der Waals surface area contributed by atoms with E-state index in [1.54, 1.807) is 24.3 Å². The van der Waals surface area contributed by atoms with Gasteiger partial charge >= 0.3 is 6.03 Å². The van der Waals surface area contributed by atoms with Crippen LogP contribution in [0.4, 0.5) is 10.5 Å². The predicted molar refractivity (Wildman–Crippen MR) is 95.7 cm³/mol. The molecule has 0 radical (unpaired) electrons. The van der Waals surface area contributed by atoms with Gasteiger partial charge in [-0.15, -0.1) is 0 Å². The molecule has 3 amide bonds. The summed E-state index contributed by atoms with van der Waals surface area (Å²) in [6.07, 6.45) is 0.875. The van der Waals surface area contributed by atoms with Gasteiger partial charge in [0.05, 0.1) is 0 Å². The number of carbonyl (C=O) groups is 2. The van der Waals surface area contributed by atoms with Crippen molar-refractivity contribution in [3.8, 4) is 0 Å². The Morgan fingerprint density at radius 2 is 1.71 bits per heavy atom. The highest BCUT2D eigenvalue weighted by molar-refractivity contribution is 5.95. The minimum atomic E-state index is -0.626. The van der Waals surface area contributed by atoms with Crippen molar-refractivity contribution in [2.75, 3.05) is 5.32 Å². The lowest BCUT2D eigenvalue weighted by molar-refractivity contribution is 0.0671. The summed E-state index contributed by atoms with van der Waals surface area (Å²) >= 11 is 0. The number of nitrogens with zero attached hydrogens (tertiary/aromatic N) is 1. The van der Waals surface area contributed by atoms with Crippen LogP contribution in [-0.2, 0) is 6.54 Å². The number of primary amides is 1. The summed E-state index contributed by atoms with van der Waals surface area (Å²) in [6.45, 7) is 4.68. The fourth-order valence-corrected chi connectivity index (χ4v) is 2.43. The zero-order valence-corrected chi connectivity index (χ0v) is 14.0. The number of carbonyl (C=O) groups excluding carboxylic acids is 2. The molecule has 0 spiro atoms. The number of hydrogen-bond donors (Lipinski definition) is 2. The van der Waals surface area contributed by atoms with E-state index < -0.39 is 6.03 Å². The van der Waals surface area contributed by atoms with Gasteiger partial charge in [-0.3, -0.25) is 4.79 Å². The second kappa shape index (κ2) is 8.15. The first-order valence-electron chi connectivity index (χ1n) is 8.02. The van der Waals surface area contributed by atoms with Gasteiger partial charge in [0.15, 0.2) is 0 Å². The lowest BCUT2D eigenvalue weighted by Crippen LogP contribution is -2.37. The fourth-order valence-electron chi connectivity index (χ4n) is 2.43. The standard InChI is InChI=1S/C19H23N3O2/c1-3-14(2)22(13-15-7-5-4-6-8-15)18(23)16-9-11-17(12-10-16)21-19(20)24/h4-12,14H,3,13H2,1-2H3,(H3,20,21,24). The summed E-state index contributed by atoms with van der Waals surface area (Å²) in [5, 5.41) is 2.49. The molecule has 24 heavy (non-hydrogen) atoms. The number of nitrogens with two attached hydrogens (primary N) is 1. The third-order valence-corrected chi connectivity index (χ3v) is 3.98. The van der Waals surface area contributed by atoms with Crippen LogP contribution in [0.25, 0.3) is 0 Å². The number of benzene rings is 2. The fraction of sp³-hybridized carbons (Fsp3) is 0.263. The highest BCUT2D eigenvalue weighted by Gasteiger charge is 2.20. The Morgan fingerprint density at radius 1 is 1.08 bits per heavy atom. The van der Waals surface area contributed by atoms with Gasteiger partial charge in [-0.25, -0.2) is 4.79 Å². The first-order chi connectivity index (χ1) is 11.5. The molecule has 0 bridgehead atoms. The minimum Gasteiger partial charge on any atom is -0.351 e. The lowest BCUT2D eigenvalue weighted by atomic mass is 10.1. The van der Waals surface area contributed by atoms with Gasteiger partial charge in [-0.1, -0.05) is 37.3 Å². The number of anilines is 1.